The molecule has 43 heavy (non-hydrogen) atoms. The van der Waals surface area contributed by atoms with Crippen LogP contribution in [0.15, 0.2) is 155 Å². The lowest BCUT2D eigenvalue weighted by Crippen LogP contribution is -1.92. The molecule has 0 saturated carbocycles. The highest BCUT2D eigenvalue weighted by molar-refractivity contribution is 9.10. The van der Waals surface area contributed by atoms with Crippen LogP contribution in [0.25, 0.3) is 38.6 Å². The lowest BCUT2D eigenvalue weighted by atomic mass is 10.1. The summed E-state index contributed by atoms with van der Waals surface area (Å²) in [6, 6.07) is 51.1. The van der Waals surface area contributed by atoms with Gasteiger partial charge in [0, 0.05) is 25.4 Å². The molecule has 0 spiro atoms. The summed E-state index contributed by atoms with van der Waals surface area (Å²) >= 11 is 6.84. The van der Waals surface area contributed by atoms with Crippen LogP contribution < -0.4 is 0 Å². The van der Waals surface area contributed by atoms with Crippen LogP contribution in [-0.2, 0) is 6.42 Å². The highest BCUT2D eigenvalue weighted by atomic mass is 79.9. The summed E-state index contributed by atoms with van der Waals surface area (Å²) in [6.07, 6.45) is 1.10. The SMILES string of the molecule is Brc1ccc(-n2c3ccccc3c3ccccc32)cc1.C.C.Cc1ccc(Br)cc1.c1ccc2c(c1)Cc1ccccc1-2. The summed E-state index contributed by atoms with van der Waals surface area (Å²) in [6.45, 7) is 2.08. The van der Waals surface area contributed by atoms with Crippen molar-refractivity contribution in [1.82, 2.24) is 4.57 Å². The highest BCUT2D eigenvalue weighted by Gasteiger charge is 2.16. The minimum atomic E-state index is 0. The molecule has 0 saturated heterocycles. The van der Waals surface area contributed by atoms with E-state index in [0.29, 0.717) is 0 Å². The zero-order valence-electron chi connectivity index (χ0n) is 22.8. The van der Waals surface area contributed by atoms with E-state index >= 15 is 0 Å². The Kier molecular flexibility index (Phi) is 10.8. The molecule has 1 heterocycles. The third-order valence-electron chi connectivity index (χ3n) is 7.38. The monoisotopic (exact) mass is 689 g/mol. The summed E-state index contributed by atoms with van der Waals surface area (Å²) in [4.78, 5) is 0. The molecule has 0 radical (unpaired) electrons. The maximum Gasteiger partial charge on any atom is 0.0541 e. The fourth-order valence-electron chi connectivity index (χ4n) is 5.40. The molecule has 0 aliphatic heterocycles. The largest absolute Gasteiger partial charge is 0.309 e. The van der Waals surface area contributed by atoms with Gasteiger partial charge in [0.25, 0.3) is 0 Å². The van der Waals surface area contributed by atoms with Crippen molar-refractivity contribution in [1.29, 1.82) is 0 Å². The number of aryl methyl sites for hydroxylation is 1. The van der Waals surface area contributed by atoms with Gasteiger partial charge in [0.05, 0.1) is 11.0 Å². The Hall–Kier alpha value is -3.92. The highest BCUT2D eigenvalue weighted by Crippen LogP contribution is 2.36. The third kappa shape index (κ3) is 7.01. The van der Waals surface area contributed by atoms with E-state index in [1.54, 1.807) is 0 Å². The zero-order chi connectivity index (χ0) is 28.2. The molecule has 0 unspecified atom stereocenters. The quantitative estimate of drug-likeness (QED) is 0.162. The summed E-state index contributed by atoms with van der Waals surface area (Å²) in [5.41, 5.74) is 10.7. The average molecular weight is 692 g/mol. The molecule has 3 heteroatoms. The molecule has 0 amide bonds. The molecule has 1 nitrogen and oxygen atoms in total. The number of rotatable bonds is 1. The van der Waals surface area contributed by atoms with E-state index < -0.39 is 0 Å². The molecular weight excluding hydrogens is 654 g/mol. The number of hydrogen-bond donors (Lipinski definition) is 0. The van der Waals surface area contributed by atoms with Crippen molar-refractivity contribution in [3.05, 3.63) is 171 Å². The van der Waals surface area contributed by atoms with Crippen molar-refractivity contribution in [2.75, 3.05) is 0 Å². The minimum Gasteiger partial charge on any atom is -0.309 e. The van der Waals surface area contributed by atoms with Crippen molar-refractivity contribution in [3.8, 4) is 16.8 Å². The Morgan fingerprint density at radius 3 is 1.33 bits per heavy atom. The summed E-state index contributed by atoms with van der Waals surface area (Å²) in [5.74, 6) is 0. The van der Waals surface area contributed by atoms with E-state index in [4.69, 9.17) is 0 Å². The average Bonchev–Trinajstić information content (AvgIpc) is 3.56. The Bertz CT molecular complexity index is 1820. The van der Waals surface area contributed by atoms with Crippen LogP contribution in [0.2, 0.25) is 0 Å². The molecule has 1 aromatic heterocycles. The van der Waals surface area contributed by atoms with Crippen molar-refractivity contribution < 1.29 is 0 Å². The second-order valence-corrected chi connectivity index (χ2v) is 12.0. The van der Waals surface area contributed by atoms with E-state index in [1.165, 1.54) is 55.3 Å². The van der Waals surface area contributed by atoms with Crippen LogP contribution in [0.1, 0.15) is 31.5 Å². The van der Waals surface area contributed by atoms with E-state index in [0.717, 1.165) is 15.4 Å². The Balaban J connectivity index is 0.000000159. The maximum absolute atomic E-state index is 3.50. The summed E-state index contributed by atoms with van der Waals surface area (Å²) in [7, 11) is 0. The first-order chi connectivity index (χ1) is 20.1. The molecule has 216 valence electrons. The van der Waals surface area contributed by atoms with Gasteiger partial charge in [0.2, 0.25) is 0 Å². The molecule has 8 rings (SSSR count). The number of hydrogen-bond acceptors (Lipinski definition) is 0. The van der Waals surface area contributed by atoms with Crippen molar-refractivity contribution in [2.24, 2.45) is 0 Å². The Morgan fingerprint density at radius 1 is 0.465 bits per heavy atom. The van der Waals surface area contributed by atoms with Crippen LogP contribution in [-0.4, -0.2) is 4.57 Å². The Morgan fingerprint density at radius 2 is 0.860 bits per heavy atom. The van der Waals surface area contributed by atoms with Gasteiger partial charge in [-0.2, -0.15) is 0 Å². The van der Waals surface area contributed by atoms with Gasteiger partial charge in [0.1, 0.15) is 0 Å². The Labute approximate surface area is 273 Å². The first-order valence-electron chi connectivity index (χ1n) is 13.7. The fourth-order valence-corrected chi connectivity index (χ4v) is 5.93. The predicted molar refractivity (Wildman–Crippen MR) is 196 cm³/mol. The summed E-state index contributed by atoms with van der Waals surface area (Å²) in [5, 5.41) is 2.59. The lowest BCUT2D eigenvalue weighted by Gasteiger charge is -2.07. The molecule has 0 N–H and O–H groups in total. The number of fused-ring (bicyclic) bond motifs is 6. The molecule has 0 atom stereocenters. The van der Waals surface area contributed by atoms with Gasteiger partial charge >= 0.3 is 0 Å². The van der Waals surface area contributed by atoms with Crippen LogP contribution in [0, 0.1) is 6.92 Å². The standard InChI is InChI=1S/C18H12BrN.C13H10.C7H7Br.2CH4/c19-13-9-11-14(12-10-13)20-17-7-3-1-5-15(17)16-6-2-4-8-18(16)20;1-3-7-12-10(5-1)9-11-6-2-4-8-13(11)12;1-6-2-4-7(8)5-3-6;;/h1-12H;1-8H,9H2;2-5H,1H3;2*1H4. The molecule has 6 aromatic carbocycles. The van der Waals surface area contributed by atoms with Crippen molar-refractivity contribution >= 4 is 53.7 Å². The van der Waals surface area contributed by atoms with E-state index in [-0.39, 0.29) is 14.9 Å². The van der Waals surface area contributed by atoms with Gasteiger partial charge in [-0.1, -0.05) is 149 Å². The number of para-hydroxylation sites is 2. The molecule has 0 bridgehead atoms. The molecule has 7 aromatic rings. The second kappa shape index (κ2) is 14.5. The van der Waals surface area contributed by atoms with Gasteiger partial charge in [-0.05, 0) is 84.1 Å². The molecule has 1 aliphatic rings. The normalized spacial score (nSPS) is 10.7. The predicted octanol–water partition coefficient (Wildman–Crippen LogP) is 12.8. The first-order valence-corrected chi connectivity index (χ1v) is 15.3. The third-order valence-corrected chi connectivity index (χ3v) is 8.44. The zero-order valence-corrected chi connectivity index (χ0v) is 25.9. The molecule has 1 aliphatic carbocycles. The van der Waals surface area contributed by atoms with Gasteiger partial charge in [-0.3, -0.25) is 0 Å². The van der Waals surface area contributed by atoms with Crippen LogP contribution >= 0.6 is 31.9 Å². The van der Waals surface area contributed by atoms with Crippen LogP contribution in [0.5, 0.6) is 0 Å². The number of halogens is 2. The van der Waals surface area contributed by atoms with E-state index in [9.17, 15) is 0 Å². The fraction of sp³-hybridized carbons (Fsp3) is 0.100. The number of nitrogens with zero attached hydrogens (tertiary/aromatic N) is 1. The second-order valence-electron chi connectivity index (χ2n) is 10.1. The maximum atomic E-state index is 3.50. The topological polar surface area (TPSA) is 4.93 Å². The van der Waals surface area contributed by atoms with Gasteiger partial charge in [0.15, 0.2) is 0 Å². The lowest BCUT2D eigenvalue weighted by molar-refractivity contribution is 1.18. The van der Waals surface area contributed by atoms with Crippen LogP contribution in [0.4, 0.5) is 0 Å². The number of benzene rings is 6. The van der Waals surface area contributed by atoms with Gasteiger partial charge in [-0.15, -0.1) is 0 Å². The van der Waals surface area contributed by atoms with E-state index in [1.807, 2.05) is 12.1 Å². The van der Waals surface area contributed by atoms with Crippen LogP contribution in [0.3, 0.4) is 0 Å². The molecule has 0 fully saturated rings. The first kappa shape index (κ1) is 32.0. The van der Waals surface area contributed by atoms with E-state index in [2.05, 4.69) is 177 Å². The smallest absolute Gasteiger partial charge is 0.0541 e. The van der Waals surface area contributed by atoms with Crippen molar-refractivity contribution in [3.63, 3.8) is 0 Å². The molecular formula is C40H37Br2N. The van der Waals surface area contributed by atoms with Gasteiger partial charge in [-0.25, -0.2) is 0 Å². The number of aromatic nitrogens is 1. The van der Waals surface area contributed by atoms with Gasteiger partial charge < -0.3 is 4.57 Å². The van der Waals surface area contributed by atoms with Crippen molar-refractivity contribution in [2.45, 2.75) is 28.2 Å². The summed E-state index contributed by atoms with van der Waals surface area (Å²) < 4.78 is 4.56. The minimum absolute atomic E-state index is 0.